The van der Waals surface area contributed by atoms with Crippen molar-refractivity contribution in [3.8, 4) is 11.1 Å². The van der Waals surface area contributed by atoms with Crippen LogP contribution in [0.4, 0.5) is 0 Å². The molecule has 8 nitrogen and oxygen atoms in total. The first kappa shape index (κ1) is 29.0. The Morgan fingerprint density at radius 1 is 1.03 bits per heavy atom. The lowest BCUT2D eigenvalue weighted by Crippen LogP contribution is -2.50. The van der Waals surface area contributed by atoms with Crippen molar-refractivity contribution in [3.63, 3.8) is 0 Å². The van der Waals surface area contributed by atoms with Crippen LogP contribution in [0, 0.1) is 5.92 Å². The van der Waals surface area contributed by atoms with E-state index in [1.807, 2.05) is 18.2 Å². The molecule has 1 heterocycles. The molecule has 1 saturated carbocycles. The number of aliphatic hydroxyl groups is 1. The zero-order valence-electron chi connectivity index (χ0n) is 22.4. The molecule has 4 rings (SSSR count). The number of unbranched alkanes of at least 4 members (excludes halogenated alkanes) is 1. The van der Waals surface area contributed by atoms with Gasteiger partial charge in [0.05, 0.1) is 32.0 Å². The maximum Gasteiger partial charge on any atom is 0.322 e. The minimum absolute atomic E-state index is 0.0193. The van der Waals surface area contributed by atoms with Gasteiger partial charge in [-0.05, 0) is 36.0 Å². The molecule has 39 heavy (non-hydrogen) atoms. The Labute approximate surface area is 230 Å². The second kappa shape index (κ2) is 14.9. The predicted octanol–water partition coefficient (Wildman–Crippen LogP) is 3.64. The first-order chi connectivity index (χ1) is 19.0. The minimum atomic E-state index is -1.04. The molecule has 2 aromatic rings. The maximum absolute atomic E-state index is 11.7. The average Bonchev–Trinajstić information content (AvgIpc) is 3.28. The number of aliphatic hydroxyl groups excluding tert-OH is 1. The second-order valence-electron chi connectivity index (χ2n) is 10.3. The number of carbonyl (C=O) groups excluding carboxylic acids is 1. The molecule has 1 aliphatic heterocycles. The molecule has 0 radical (unpaired) electrons. The van der Waals surface area contributed by atoms with Gasteiger partial charge in [0.15, 0.2) is 0 Å². The maximum atomic E-state index is 11.7. The van der Waals surface area contributed by atoms with Crippen LogP contribution in [-0.4, -0.2) is 78.1 Å². The summed E-state index contributed by atoms with van der Waals surface area (Å²) in [4.78, 5) is 24.6. The topological polar surface area (TPSA) is 108 Å². The number of hydrogen-bond acceptors (Lipinski definition) is 6. The number of benzene rings is 2. The Balaban J connectivity index is 1.32. The van der Waals surface area contributed by atoms with Crippen LogP contribution in [0.15, 0.2) is 66.7 Å². The molecule has 4 atom stereocenters. The van der Waals surface area contributed by atoms with Crippen molar-refractivity contribution >= 4 is 11.9 Å². The largest absolute Gasteiger partial charge is 0.480 e. The van der Waals surface area contributed by atoms with Gasteiger partial charge in [-0.1, -0.05) is 66.7 Å². The lowest BCUT2D eigenvalue weighted by atomic mass is 9.94. The molecular weight excluding hydrogens is 496 g/mol. The number of carboxylic acids is 1. The molecule has 1 amide bonds. The monoisotopic (exact) mass is 536 g/mol. The molecule has 2 aliphatic rings. The molecule has 3 N–H and O–H groups in total. The highest BCUT2D eigenvalue weighted by Crippen LogP contribution is 2.36. The molecular formula is C31H40N2O6. The summed E-state index contributed by atoms with van der Waals surface area (Å²) in [6, 6.07) is 18.8. The summed E-state index contributed by atoms with van der Waals surface area (Å²) in [5, 5.41) is 22.1. The first-order valence-corrected chi connectivity index (χ1v) is 13.9. The fourth-order valence-electron chi connectivity index (χ4n) is 5.57. The van der Waals surface area contributed by atoms with Crippen LogP contribution < -0.4 is 5.32 Å². The zero-order valence-corrected chi connectivity index (χ0v) is 22.4. The standard InChI is InChI=1S/C31H40N2O6/c34-27-20-28(39-22-23-12-14-25(15-13-23)24-8-4-3-5-9-24)26(31(27)33-16-18-38-19-17-33)10-6-1-2-7-11-29(35)32-21-30(36)37/h1,3-6,8-9,12-15,26-28,31,34H,2,7,10-11,16-22H2,(H,32,35)(H,36,37)/b6-1-/t26-,27+,28-,31+/m0/s1. The van der Waals surface area contributed by atoms with Crippen molar-refractivity contribution in [2.75, 3.05) is 32.8 Å². The van der Waals surface area contributed by atoms with E-state index in [0.29, 0.717) is 39.1 Å². The Morgan fingerprint density at radius 2 is 1.74 bits per heavy atom. The van der Waals surface area contributed by atoms with Crippen molar-refractivity contribution in [3.05, 3.63) is 72.3 Å². The molecule has 2 aromatic carbocycles. The van der Waals surface area contributed by atoms with Crippen LogP contribution in [0.1, 0.15) is 37.7 Å². The molecule has 0 spiro atoms. The van der Waals surface area contributed by atoms with Gasteiger partial charge < -0.3 is 25.0 Å². The fraction of sp³-hybridized carbons (Fsp3) is 0.484. The number of carboxylic acid groups (broad SMARTS) is 1. The van der Waals surface area contributed by atoms with E-state index in [1.165, 1.54) is 11.1 Å². The van der Waals surface area contributed by atoms with Gasteiger partial charge in [-0.15, -0.1) is 0 Å². The van der Waals surface area contributed by atoms with E-state index in [-0.39, 0.29) is 30.5 Å². The third-order valence-corrected chi connectivity index (χ3v) is 7.56. The summed E-state index contributed by atoms with van der Waals surface area (Å²) in [6.07, 6.45) is 6.76. The number of nitrogens with one attached hydrogen (secondary N) is 1. The van der Waals surface area contributed by atoms with Crippen LogP contribution in [0.3, 0.4) is 0 Å². The Bertz CT molecular complexity index is 1070. The van der Waals surface area contributed by atoms with Crippen LogP contribution in [-0.2, 0) is 25.7 Å². The molecule has 1 saturated heterocycles. The number of aliphatic carboxylic acids is 1. The summed E-state index contributed by atoms with van der Waals surface area (Å²) in [7, 11) is 0. The highest BCUT2D eigenvalue weighted by molar-refractivity contribution is 5.81. The van der Waals surface area contributed by atoms with Crippen LogP contribution >= 0.6 is 0 Å². The van der Waals surface area contributed by atoms with E-state index >= 15 is 0 Å². The van der Waals surface area contributed by atoms with E-state index in [4.69, 9.17) is 14.6 Å². The lowest BCUT2D eigenvalue weighted by Gasteiger charge is -2.37. The third kappa shape index (κ3) is 8.73. The highest BCUT2D eigenvalue weighted by Gasteiger charge is 2.45. The third-order valence-electron chi connectivity index (χ3n) is 7.56. The second-order valence-corrected chi connectivity index (χ2v) is 10.3. The molecule has 0 bridgehead atoms. The number of hydrogen-bond donors (Lipinski definition) is 3. The fourth-order valence-corrected chi connectivity index (χ4v) is 5.57. The molecule has 0 aromatic heterocycles. The average molecular weight is 537 g/mol. The zero-order chi connectivity index (χ0) is 27.5. The molecule has 8 heteroatoms. The van der Waals surface area contributed by atoms with Gasteiger partial charge in [0.2, 0.25) is 5.91 Å². The number of carbonyl (C=O) groups is 2. The Hall–Kier alpha value is -3.04. The Kier molecular flexibility index (Phi) is 11.1. The van der Waals surface area contributed by atoms with E-state index in [2.05, 4.69) is 58.8 Å². The number of morpholine rings is 1. The van der Waals surface area contributed by atoms with Crippen molar-refractivity contribution in [2.24, 2.45) is 5.92 Å². The van der Waals surface area contributed by atoms with Gasteiger partial charge in [0.25, 0.3) is 0 Å². The summed E-state index contributed by atoms with van der Waals surface area (Å²) in [6.45, 7) is 3.11. The Morgan fingerprint density at radius 3 is 2.46 bits per heavy atom. The summed E-state index contributed by atoms with van der Waals surface area (Å²) >= 11 is 0. The summed E-state index contributed by atoms with van der Waals surface area (Å²) in [5.74, 6) is -1.14. The van der Waals surface area contributed by atoms with Crippen molar-refractivity contribution in [1.29, 1.82) is 0 Å². The normalized spacial score (nSPS) is 23.7. The molecule has 210 valence electrons. The van der Waals surface area contributed by atoms with Crippen molar-refractivity contribution < 1.29 is 29.3 Å². The van der Waals surface area contributed by atoms with Crippen LogP contribution in [0.5, 0.6) is 0 Å². The number of amides is 1. The van der Waals surface area contributed by atoms with E-state index in [1.54, 1.807) is 0 Å². The van der Waals surface area contributed by atoms with Gasteiger partial charge >= 0.3 is 5.97 Å². The molecule has 1 aliphatic carbocycles. The SMILES string of the molecule is O=C(O)CNC(=O)CCC/C=C\C[C@@H]1[C@@H](N2CCOCC2)[C@H](O)C[C@@H]1OCc1ccc(-c2ccccc2)cc1. The molecule has 0 unspecified atom stereocenters. The van der Waals surface area contributed by atoms with Gasteiger partial charge in [0.1, 0.15) is 6.54 Å². The number of nitrogens with zero attached hydrogens (tertiary/aromatic N) is 1. The van der Waals surface area contributed by atoms with Gasteiger partial charge in [0, 0.05) is 37.9 Å². The number of rotatable bonds is 13. The van der Waals surface area contributed by atoms with Gasteiger partial charge in [-0.2, -0.15) is 0 Å². The number of ether oxygens (including phenoxy) is 2. The van der Waals surface area contributed by atoms with E-state index in [0.717, 1.165) is 31.5 Å². The first-order valence-electron chi connectivity index (χ1n) is 13.9. The van der Waals surface area contributed by atoms with Gasteiger partial charge in [-0.3, -0.25) is 14.5 Å². The number of allylic oxidation sites excluding steroid dienone is 2. The van der Waals surface area contributed by atoms with Crippen molar-refractivity contribution in [1.82, 2.24) is 10.2 Å². The van der Waals surface area contributed by atoms with Crippen molar-refractivity contribution in [2.45, 2.75) is 57.0 Å². The molecule has 2 fully saturated rings. The highest BCUT2D eigenvalue weighted by atomic mass is 16.5. The summed E-state index contributed by atoms with van der Waals surface area (Å²) in [5.41, 5.74) is 3.46. The van der Waals surface area contributed by atoms with Crippen LogP contribution in [0.25, 0.3) is 11.1 Å². The van der Waals surface area contributed by atoms with E-state index in [9.17, 15) is 14.7 Å². The predicted molar refractivity (Wildman–Crippen MR) is 149 cm³/mol. The van der Waals surface area contributed by atoms with Crippen LogP contribution in [0.2, 0.25) is 0 Å². The van der Waals surface area contributed by atoms with E-state index < -0.39 is 12.1 Å². The lowest BCUT2D eigenvalue weighted by molar-refractivity contribution is -0.137. The smallest absolute Gasteiger partial charge is 0.322 e. The summed E-state index contributed by atoms with van der Waals surface area (Å²) < 4.78 is 12.0. The minimum Gasteiger partial charge on any atom is -0.480 e. The quantitative estimate of drug-likeness (QED) is 0.265. The van der Waals surface area contributed by atoms with Gasteiger partial charge in [-0.25, -0.2) is 0 Å².